The Hall–Kier alpha value is -1.67. The van der Waals surface area contributed by atoms with Crippen LogP contribution in [0, 0.1) is 12.7 Å². The lowest BCUT2D eigenvalue weighted by atomic mass is 9.73. The van der Waals surface area contributed by atoms with E-state index in [4.69, 9.17) is 0 Å². The van der Waals surface area contributed by atoms with Crippen LogP contribution in [0.1, 0.15) is 47.6 Å². The Morgan fingerprint density at radius 1 is 1.24 bits per heavy atom. The van der Waals surface area contributed by atoms with Gasteiger partial charge < -0.3 is 5.32 Å². The highest BCUT2D eigenvalue weighted by molar-refractivity contribution is 5.40. The molecule has 0 aromatic heterocycles. The molecule has 2 aromatic carbocycles. The second kappa shape index (κ2) is 5.98. The van der Waals surface area contributed by atoms with Crippen molar-refractivity contribution in [3.8, 4) is 0 Å². The average Bonchev–Trinajstić information content (AvgIpc) is 2.42. The molecule has 1 nitrogen and oxygen atoms in total. The molecule has 1 aliphatic carbocycles. The summed E-state index contributed by atoms with van der Waals surface area (Å²) in [5, 5.41) is 3.52. The van der Waals surface area contributed by atoms with Crippen LogP contribution in [0.2, 0.25) is 0 Å². The molecule has 1 aliphatic rings. The van der Waals surface area contributed by atoms with Gasteiger partial charge in [0, 0.05) is 6.04 Å². The first-order chi connectivity index (χ1) is 10.2. The predicted octanol–water partition coefficient (Wildman–Crippen LogP) is 4.51. The minimum atomic E-state index is -0.137. The summed E-state index contributed by atoms with van der Waals surface area (Å²) in [7, 11) is 0. The zero-order valence-electron chi connectivity index (χ0n) is 12.7. The Bertz CT molecular complexity index is 615. The molecule has 2 heteroatoms. The molecule has 0 radical (unpaired) electrons. The van der Waals surface area contributed by atoms with Gasteiger partial charge in [0.05, 0.1) is 0 Å². The molecule has 1 N–H and O–H groups in total. The summed E-state index contributed by atoms with van der Waals surface area (Å²) in [6.07, 6.45) is 2.18. The van der Waals surface area contributed by atoms with Crippen molar-refractivity contribution in [2.45, 2.75) is 38.6 Å². The topological polar surface area (TPSA) is 12.0 Å². The van der Waals surface area contributed by atoms with Gasteiger partial charge >= 0.3 is 0 Å². The van der Waals surface area contributed by atoms with Crippen LogP contribution in [-0.2, 0) is 6.42 Å². The molecular weight excluding hydrogens is 261 g/mol. The summed E-state index contributed by atoms with van der Waals surface area (Å²) in [6, 6.07) is 14.2. The molecular formula is C19H22FN. The Morgan fingerprint density at radius 3 is 2.76 bits per heavy atom. The molecule has 0 spiro atoms. The first-order valence-corrected chi connectivity index (χ1v) is 7.75. The van der Waals surface area contributed by atoms with Gasteiger partial charge in [0.2, 0.25) is 0 Å². The van der Waals surface area contributed by atoms with Crippen LogP contribution < -0.4 is 5.32 Å². The van der Waals surface area contributed by atoms with E-state index in [-0.39, 0.29) is 11.9 Å². The van der Waals surface area contributed by atoms with Gasteiger partial charge in [-0.15, -0.1) is 0 Å². The molecule has 0 bridgehead atoms. The Balaban J connectivity index is 1.80. The van der Waals surface area contributed by atoms with E-state index in [9.17, 15) is 4.39 Å². The van der Waals surface area contributed by atoms with E-state index >= 15 is 0 Å². The lowest BCUT2D eigenvalue weighted by molar-refractivity contribution is 0.434. The average molecular weight is 283 g/mol. The van der Waals surface area contributed by atoms with E-state index in [0.29, 0.717) is 5.92 Å². The number of aryl methyl sites for hydroxylation is 1. The van der Waals surface area contributed by atoms with E-state index in [1.54, 1.807) is 12.1 Å². The standard InChI is InChI=1S/C19H22FN/c1-3-21-19(16-8-13(2)9-17(20)11-16)12-15-10-14-6-4-5-7-18(14)15/h4-9,11,15,19,21H,3,10,12H2,1-2H3. The van der Waals surface area contributed by atoms with Gasteiger partial charge in [0.15, 0.2) is 0 Å². The molecule has 110 valence electrons. The van der Waals surface area contributed by atoms with Gasteiger partial charge in [0.1, 0.15) is 5.82 Å². The lowest BCUT2D eigenvalue weighted by Crippen LogP contribution is -2.27. The normalized spacial score (nSPS) is 18.0. The second-order valence-corrected chi connectivity index (χ2v) is 6.01. The number of rotatable bonds is 5. The fourth-order valence-electron chi connectivity index (χ4n) is 3.41. The number of hydrogen-bond donors (Lipinski definition) is 1. The third-order valence-electron chi connectivity index (χ3n) is 4.40. The van der Waals surface area contributed by atoms with Crippen LogP contribution in [0.3, 0.4) is 0 Å². The summed E-state index contributed by atoms with van der Waals surface area (Å²) in [5.74, 6) is 0.454. The molecule has 0 aliphatic heterocycles. The van der Waals surface area contributed by atoms with E-state index in [1.807, 2.05) is 6.92 Å². The van der Waals surface area contributed by atoms with Crippen molar-refractivity contribution in [2.75, 3.05) is 6.54 Å². The minimum Gasteiger partial charge on any atom is -0.310 e. The van der Waals surface area contributed by atoms with Crippen molar-refractivity contribution in [2.24, 2.45) is 0 Å². The molecule has 2 unspecified atom stereocenters. The molecule has 0 amide bonds. The number of nitrogens with one attached hydrogen (secondary N) is 1. The van der Waals surface area contributed by atoms with Crippen molar-refractivity contribution in [1.29, 1.82) is 0 Å². The number of benzene rings is 2. The quantitative estimate of drug-likeness (QED) is 0.851. The van der Waals surface area contributed by atoms with Gasteiger partial charge in [-0.3, -0.25) is 0 Å². The summed E-state index contributed by atoms with van der Waals surface area (Å²) < 4.78 is 13.7. The molecule has 2 atom stereocenters. The highest BCUT2D eigenvalue weighted by atomic mass is 19.1. The van der Waals surface area contributed by atoms with Crippen LogP contribution in [0.4, 0.5) is 4.39 Å². The zero-order valence-corrected chi connectivity index (χ0v) is 12.7. The van der Waals surface area contributed by atoms with Crippen molar-refractivity contribution < 1.29 is 4.39 Å². The number of hydrogen-bond acceptors (Lipinski definition) is 1. The third-order valence-corrected chi connectivity index (χ3v) is 4.40. The van der Waals surface area contributed by atoms with Crippen molar-refractivity contribution in [3.05, 3.63) is 70.5 Å². The highest BCUT2D eigenvalue weighted by Gasteiger charge is 2.28. The maximum absolute atomic E-state index is 13.7. The van der Waals surface area contributed by atoms with E-state index < -0.39 is 0 Å². The summed E-state index contributed by atoms with van der Waals surface area (Å²) in [4.78, 5) is 0. The van der Waals surface area contributed by atoms with E-state index in [0.717, 1.165) is 30.5 Å². The van der Waals surface area contributed by atoms with Crippen LogP contribution in [0.25, 0.3) is 0 Å². The van der Waals surface area contributed by atoms with Crippen molar-refractivity contribution >= 4 is 0 Å². The molecule has 2 aromatic rings. The number of halogens is 1. The van der Waals surface area contributed by atoms with Crippen molar-refractivity contribution in [3.63, 3.8) is 0 Å². The molecule has 0 saturated carbocycles. The summed E-state index contributed by atoms with van der Waals surface area (Å²) in [5.41, 5.74) is 4.99. The Labute approximate surface area is 126 Å². The Morgan fingerprint density at radius 2 is 2.05 bits per heavy atom. The van der Waals surface area contributed by atoms with E-state index in [1.165, 1.54) is 11.1 Å². The first-order valence-electron chi connectivity index (χ1n) is 7.75. The maximum Gasteiger partial charge on any atom is 0.123 e. The smallest absolute Gasteiger partial charge is 0.123 e. The maximum atomic E-state index is 13.7. The van der Waals surface area contributed by atoms with Crippen LogP contribution in [0.15, 0.2) is 42.5 Å². The zero-order chi connectivity index (χ0) is 14.8. The monoisotopic (exact) mass is 283 g/mol. The minimum absolute atomic E-state index is 0.137. The molecule has 0 saturated heterocycles. The molecule has 3 rings (SSSR count). The van der Waals surface area contributed by atoms with Gasteiger partial charge in [-0.25, -0.2) is 4.39 Å². The SMILES string of the molecule is CCNC(CC1Cc2ccccc21)c1cc(C)cc(F)c1. The predicted molar refractivity (Wildman–Crippen MR) is 85.1 cm³/mol. The fraction of sp³-hybridized carbons (Fsp3) is 0.368. The van der Waals surface area contributed by atoms with Crippen molar-refractivity contribution in [1.82, 2.24) is 5.32 Å². The van der Waals surface area contributed by atoms with Gasteiger partial charge in [-0.1, -0.05) is 37.3 Å². The van der Waals surface area contributed by atoms with Crippen LogP contribution >= 0.6 is 0 Å². The van der Waals surface area contributed by atoms with Crippen LogP contribution in [-0.4, -0.2) is 6.54 Å². The molecule has 21 heavy (non-hydrogen) atoms. The number of fused-ring (bicyclic) bond motifs is 1. The third kappa shape index (κ3) is 3.01. The molecule has 0 heterocycles. The first kappa shape index (κ1) is 14.3. The fourth-order valence-corrected chi connectivity index (χ4v) is 3.41. The second-order valence-electron chi connectivity index (χ2n) is 6.01. The Kier molecular flexibility index (Phi) is 4.07. The summed E-state index contributed by atoms with van der Waals surface area (Å²) in [6.45, 7) is 4.96. The lowest BCUT2D eigenvalue weighted by Gasteiger charge is -2.33. The van der Waals surface area contributed by atoms with Gasteiger partial charge in [0.25, 0.3) is 0 Å². The van der Waals surface area contributed by atoms with Crippen LogP contribution in [0.5, 0.6) is 0 Å². The van der Waals surface area contributed by atoms with E-state index in [2.05, 4.69) is 42.6 Å². The molecule has 0 fully saturated rings. The van der Waals surface area contributed by atoms with Gasteiger partial charge in [-0.2, -0.15) is 0 Å². The highest BCUT2D eigenvalue weighted by Crippen LogP contribution is 2.40. The van der Waals surface area contributed by atoms with Gasteiger partial charge in [-0.05, 0) is 66.6 Å². The largest absolute Gasteiger partial charge is 0.310 e. The summed E-state index contributed by atoms with van der Waals surface area (Å²) >= 11 is 0.